The smallest absolute Gasteiger partial charge is 0.279 e. The van der Waals surface area contributed by atoms with Crippen LogP contribution in [0.3, 0.4) is 0 Å². The maximum Gasteiger partial charge on any atom is 0.279 e. The Balaban J connectivity index is 1.86. The molecule has 184 valence electrons. The first-order valence-corrected chi connectivity index (χ1v) is 12.4. The fourth-order valence-corrected chi connectivity index (χ4v) is 5.83. The molecule has 0 amide bonds. The fourth-order valence-electron chi connectivity index (χ4n) is 4.16. The molecule has 0 aliphatic carbocycles. The van der Waals surface area contributed by atoms with Crippen LogP contribution in [0.25, 0.3) is 0 Å². The maximum atomic E-state index is 13.9. The summed E-state index contributed by atoms with van der Waals surface area (Å²) in [6, 6.07) is 17.0. The molecule has 1 aliphatic rings. The number of rotatable bonds is 8. The van der Waals surface area contributed by atoms with Gasteiger partial charge in [0.2, 0.25) is 0 Å². The third-order valence-electron chi connectivity index (χ3n) is 6.00. The second kappa shape index (κ2) is 9.87. The summed E-state index contributed by atoms with van der Waals surface area (Å²) in [5.74, 6) is 2.24. The van der Waals surface area contributed by atoms with Crippen molar-refractivity contribution in [2.45, 2.75) is 24.3 Å². The Bertz CT molecular complexity index is 1370. The van der Waals surface area contributed by atoms with Crippen molar-refractivity contribution in [2.75, 3.05) is 28.4 Å². The van der Waals surface area contributed by atoms with Gasteiger partial charge in [-0.15, -0.1) is 0 Å². The lowest BCUT2D eigenvalue weighted by Gasteiger charge is -2.24. The number of sulfonamides is 1. The fraction of sp³-hybridized carbons (Fsp3) is 0.269. The Hall–Kier alpha value is -3.72. The predicted octanol–water partition coefficient (Wildman–Crippen LogP) is 4.57. The van der Waals surface area contributed by atoms with Crippen molar-refractivity contribution in [3.05, 3.63) is 77.4 Å². The van der Waals surface area contributed by atoms with Crippen molar-refractivity contribution in [3.63, 3.8) is 0 Å². The van der Waals surface area contributed by atoms with Gasteiger partial charge in [0, 0.05) is 18.1 Å². The van der Waals surface area contributed by atoms with Gasteiger partial charge in [0.1, 0.15) is 11.5 Å². The standard InChI is InChI=1S/C26H28N2O6S/c1-17-8-6-7-9-26(17)35(29,30)28-22(18-10-13-23(32-3)25(14-18)34-5)16-21(27-28)20-12-11-19(31-2)15-24(20)33-4/h6-15,22H,16H2,1-5H3/t22-/m1/s1. The molecular weight excluding hydrogens is 468 g/mol. The Morgan fingerprint density at radius 2 is 1.54 bits per heavy atom. The second-order valence-electron chi connectivity index (χ2n) is 7.99. The molecule has 9 heteroatoms. The van der Waals surface area contributed by atoms with E-state index in [1.807, 2.05) is 12.1 Å². The lowest BCUT2D eigenvalue weighted by molar-refractivity contribution is 0.348. The first-order chi connectivity index (χ1) is 16.8. The molecule has 0 saturated carbocycles. The van der Waals surface area contributed by atoms with E-state index in [0.29, 0.717) is 46.3 Å². The van der Waals surface area contributed by atoms with E-state index in [1.165, 1.54) is 4.41 Å². The van der Waals surface area contributed by atoms with Crippen molar-refractivity contribution in [1.29, 1.82) is 0 Å². The van der Waals surface area contributed by atoms with Crippen molar-refractivity contribution in [2.24, 2.45) is 5.10 Å². The van der Waals surface area contributed by atoms with Crippen LogP contribution < -0.4 is 18.9 Å². The van der Waals surface area contributed by atoms with Crippen molar-refractivity contribution < 1.29 is 27.4 Å². The molecule has 1 aliphatic heterocycles. The molecule has 0 radical (unpaired) electrons. The number of hydrogen-bond donors (Lipinski definition) is 0. The van der Waals surface area contributed by atoms with Gasteiger partial charge in [-0.05, 0) is 48.4 Å². The topological polar surface area (TPSA) is 86.7 Å². The summed E-state index contributed by atoms with van der Waals surface area (Å²) in [5, 5.41) is 4.64. The van der Waals surface area contributed by atoms with Gasteiger partial charge < -0.3 is 18.9 Å². The van der Waals surface area contributed by atoms with E-state index in [0.717, 1.165) is 5.56 Å². The second-order valence-corrected chi connectivity index (χ2v) is 9.75. The summed E-state index contributed by atoms with van der Waals surface area (Å²) in [4.78, 5) is 0.206. The van der Waals surface area contributed by atoms with Crippen LogP contribution in [0.2, 0.25) is 0 Å². The Morgan fingerprint density at radius 1 is 0.829 bits per heavy atom. The number of benzene rings is 3. The lowest BCUT2D eigenvalue weighted by atomic mass is 9.98. The van der Waals surface area contributed by atoms with Crippen molar-refractivity contribution in [3.8, 4) is 23.0 Å². The zero-order valence-corrected chi connectivity index (χ0v) is 21.1. The molecule has 8 nitrogen and oxygen atoms in total. The van der Waals surface area contributed by atoms with E-state index >= 15 is 0 Å². The average Bonchev–Trinajstić information content (AvgIpc) is 3.34. The third kappa shape index (κ3) is 4.51. The first kappa shape index (κ1) is 24.4. The summed E-state index contributed by atoms with van der Waals surface area (Å²) >= 11 is 0. The van der Waals surface area contributed by atoms with E-state index in [4.69, 9.17) is 18.9 Å². The molecule has 1 heterocycles. The molecule has 0 aromatic heterocycles. The van der Waals surface area contributed by atoms with Gasteiger partial charge in [-0.3, -0.25) is 0 Å². The highest BCUT2D eigenvalue weighted by atomic mass is 32.2. The molecule has 0 spiro atoms. The SMILES string of the molecule is COc1ccc(C2=NN(S(=O)(=O)c3ccccc3C)[C@@H](c3ccc(OC)c(OC)c3)C2)c(OC)c1. The third-order valence-corrected chi connectivity index (χ3v) is 7.84. The maximum absolute atomic E-state index is 13.9. The minimum Gasteiger partial charge on any atom is -0.497 e. The Morgan fingerprint density at radius 3 is 2.20 bits per heavy atom. The minimum absolute atomic E-state index is 0.206. The Kier molecular flexibility index (Phi) is 6.88. The van der Waals surface area contributed by atoms with Gasteiger partial charge in [-0.25, -0.2) is 0 Å². The number of methoxy groups -OCH3 is 4. The molecule has 0 N–H and O–H groups in total. The Labute approximate surface area is 205 Å². The molecule has 0 saturated heterocycles. The highest BCUT2D eigenvalue weighted by molar-refractivity contribution is 7.89. The number of nitrogens with zero attached hydrogens (tertiary/aromatic N) is 2. The quantitative estimate of drug-likeness (QED) is 0.454. The molecule has 0 fully saturated rings. The predicted molar refractivity (Wildman–Crippen MR) is 133 cm³/mol. The molecule has 35 heavy (non-hydrogen) atoms. The zero-order chi connectivity index (χ0) is 25.2. The zero-order valence-electron chi connectivity index (χ0n) is 20.3. The van der Waals surface area contributed by atoms with Crippen molar-refractivity contribution >= 4 is 15.7 Å². The van der Waals surface area contributed by atoms with Gasteiger partial charge in [-0.1, -0.05) is 24.3 Å². The molecule has 1 atom stereocenters. The van der Waals surface area contributed by atoms with Crippen LogP contribution in [0, 0.1) is 6.92 Å². The normalized spacial score (nSPS) is 15.5. The van der Waals surface area contributed by atoms with Gasteiger partial charge in [-0.2, -0.15) is 17.9 Å². The largest absolute Gasteiger partial charge is 0.497 e. The van der Waals surface area contributed by atoms with E-state index in [2.05, 4.69) is 5.10 Å². The van der Waals surface area contributed by atoms with Gasteiger partial charge in [0.25, 0.3) is 10.0 Å². The minimum atomic E-state index is -3.97. The van der Waals surface area contributed by atoms with Crippen LogP contribution in [-0.2, 0) is 10.0 Å². The summed E-state index contributed by atoms with van der Waals surface area (Å²) in [5.41, 5.74) is 2.65. The highest BCUT2D eigenvalue weighted by Gasteiger charge is 2.39. The van der Waals surface area contributed by atoms with Crippen LogP contribution in [0.1, 0.15) is 29.2 Å². The first-order valence-electron chi connectivity index (χ1n) is 11.0. The van der Waals surface area contributed by atoms with E-state index in [-0.39, 0.29) is 4.90 Å². The van der Waals surface area contributed by atoms with Gasteiger partial charge in [0.05, 0.1) is 45.1 Å². The van der Waals surface area contributed by atoms with E-state index < -0.39 is 16.1 Å². The summed E-state index contributed by atoms with van der Waals surface area (Å²) in [6.07, 6.45) is 0.337. The average molecular weight is 497 g/mol. The summed E-state index contributed by atoms with van der Waals surface area (Å²) < 4.78 is 50.6. The molecule has 4 rings (SSSR count). The van der Waals surface area contributed by atoms with Crippen LogP contribution in [0.15, 0.2) is 70.7 Å². The van der Waals surface area contributed by atoms with Crippen molar-refractivity contribution in [1.82, 2.24) is 4.41 Å². The molecule has 3 aromatic carbocycles. The highest BCUT2D eigenvalue weighted by Crippen LogP contribution is 2.41. The van der Waals surface area contributed by atoms with Gasteiger partial charge >= 0.3 is 0 Å². The number of hydrazone groups is 1. The van der Waals surface area contributed by atoms with Crippen LogP contribution in [0.4, 0.5) is 0 Å². The lowest BCUT2D eigenvalue weighted by Crippen LogP contribution is -2.28. The van der Waals surface area contributed by atoms with E-state index in [1.54, 1.807) is 83.9 Å². The van der Waals surface area contributed by atoms with Crippen LogP contribution in [-0.4, -0.2) is 47.0 Å². The van der Waals surface area contributed by atoms with Crippen LogP contribution >= 0.6 is 0 Å². The number of ether oxygens (including phenoxy) is 4. The summed E-state index contributed by atoms with van der Waals surface area (Å²) in [7, 11) is 2.26. The van der Waals surface area contributed by atoms with Crippen LogP contribution in [0.5, 0.6) is 23.0 Å². The number of hydrogen-bond acceptors (Lipinski definition) is 7. The number of aryl methyl sites for hydroxylation is 1. The van der Waals surface area contributed by atoms with Gasteiger partial charge in [0.15, 0.2) is 11.5 Å². The molecule has 3 aromatic rings. The monoisotopic (exact) mass is 496 g/mol. The molecule has 0 unspecified atom stereocenters. The molecule has 0 bridgehead atoms. The molecular formula is C26H28N2O6S. The summed E-state index contributed by atoms with van der Waals surface area (Å²) in [6.45, 7) is 1.77. The van der Waals surface area contributed by atoms with E-state index in [9.17, 15) is 8.42 Å².